The zero-order chi connectivity index (χ0) is 6.85. The van der Waals surface area contributed by atoms with E-state index in [1.807, 2.05) is 0 Å². The Hall–Kier alpha value is -0.700. The van der Waals surface area contributed by atoms with Gasteiger partial charge in [0.15, 0.2) is 5.78 Å². The lowest BCUT2D eigenvalue weighted by atomic mass is 10.1. The van der Waals surface area contributed by atoms with Gasteiger partial charge < -0.3 is 5.11 Å². The molecule has 0 heterocycles. The third-order valence-corrected chi connectivity index (χ3v) is 1.45. The maximum absolute atomic E-state index is 10.5. The fraction of sp³-hybridized carbons (Fsp3) is 0.167. The van der Waals surface area contributed by atoms with Crippen molar-refractivity contribution < 1.29 is 9.90 Å². The van der Waals surface area contributed by atoms with Gasteiger partial charge in [0.1, 0.15) is 5.76 Å². The fourth-order valence-electron chi connectivity index (χ4n) is 0.583. The molecule has 2 nitrogen and oxygen atoms in total. The lowest BCUT2D eigenvalue weighted by Gasteiger charge is -2.02. The van der Waals surface area contributed by atoms with Crippen molar-refractivity contribution in [1.29, 1.82) is 0 Å². The van der Waals surface area contributed by atoms with Crippen molar-refractivity contribution in [1.82, 2.24) is 0 Å². The van der Waals surface area contributed by atoms with Crippen LogP contribution in [0.25, 0.3) is 0 Å². The molecule has 0 aromatic rings. The summed E-state index contributed by atoms with van der Waals surface area (Å²) < 4.78 is 0. The third-order valence-electron chi connectivity index (χ3n) is 1.06. The molecule has 0 saturated heterocycles. The first kappa shape index (κ1) is 6.42. The van der Waals surface area contributed by atoms with Crippen molar-refractivity contribution in [3.63, 3.8) is 0 Å². The van der Waals surface area contributed by atoms with Crippen LogP contribution in [0.3, 0.4) is 0 Å². The average Bonchev–Trinajstić information content (AvgIpc) is 1.80. The highest BCUT2D eigenvalue weighted by molar-refractivity contribution is 7.84. The summed E-state index contributed by atoms with van der Waals surface area (Å²) in [6.07, 6.45) is 2.93. The summed E-state index contributed by atoms with van der Waals surface area (Å²) in [5, 5.41) is 8.86. The molecule has 0 bridgehead atoms. The largest absolute Gasteiger partial charge is 0.507 e. The molecule has 0 aliphatic heterocycles. The summed E-state index contributed by atoms with van der Waals surface area (Å²) in [5.41, 5.74) is 0. The molecule has 0 aromatic carbocycles. The number of carbonyl (C=O) groups excluding carboxylic acids is 1. The van der Waals surface area contributed by atoms with E-state index in [1.165, 1.54) is 12.2 Å². The van der Waals surface area contributed by atoms with Gasteiger partial charge in [-0.05, 0) is 12.2 Å². The van der Waals surface area contributed by atoms with Crippen LogP contribution in [0.5, 0.6) is 0 Å². The first-order chi connectivity index (χ1) is 4.20. The number of ketones is 1. The minimum atomic E-state index is -0.0159. The van der Waals surface area contributed by atoms with E-state index < -0.39 is 0 Å². The standard InChI is InChI=1S/C6H6O2S/c7-4-1-2-5(8)6(9)3-4/h1-2,8-9H,3H2. The van der Waals surface area contributed by atoms with Crippen molar-refractivity contribution in [3.8, 4) is 0 Å². The number of aliphatic hydroxyl groups is 1. The van der Waals surface area contributed by atoms with Crippen molar-refractivity contribution in [3.05, 3.63) is 22.8 Å². The Kier molecular flexibility index (Phi) is 1.62. The van der Waals surface area contributed by atoms with Gasteiger partial charge in [0.2, 0.25) is 0 Å². The van der Waals surface area contributed by atoms with Crippen LogP contribution in [0.4, 0.5) is 0 Å². The number of aliphatic hydroxyl groups excluding tert-OH is 1. The van der Waals surface area contributed by atoms with Crippen molar-refractivity contribution in [2.45, 2.75) is 6.42 Å². The average molecular weight is 142 g/mol. The number of hydrogen-bond donors (Lipinski definition) is 2. The summed E-state index contributed by atoms with van der Waals surface area (Å²) in [4.78, 5) is 11.0. The number of allylic oxidation sites excluding steroid dienone is 3. The van der Waals surface area contributed by atoms with E-state index >= 15 is 0 Å². The van der Waals surface area contributed by atoms with Gasteiger partial charge in [0.05, 0.1) is 0 Å². The molecule has 48 valence electrons. The van der Waals surface area contributed by atoms with Gasteiger partial charge in [-0.1, -0.05) is 0 Å². The van der Waals surface area contributed by atoms with E-state index in [4.69, 9.17) is 5.11 Å². The highest BCUT2D eigenvalue weighted by atomic mass is 32.1. The molecule has 0 spiro atoms. The van der Waals surface area contributed by atoms with Crippen LogP contribution >= 0.6 is 12.6 Å². The third kappa shape index (κ3) is 1.36. The molecule has 0 fully saturated rings. The number of carbonyl (C=O) groups is 1. The molecule has 0 unspecified atom stereocenters. The van der Waals surface area contributed by atoms with Crippen LogP contribution < -0.4 is 0 Å². The summed E-state index contributed by atoms with van der Waals surface area (Å²) in [6.45, 7) is 0. The molecule has 1 N–H and O–H groups in total. The topological polar surface area (TPSA) is 37.3 Å². The second-order valence-corrected chi connectivity index (χ2v) is 2.35. The highest BCUT2D eigenvalue weighted by Gasteiger charge is 2.08. The summed E-state index contributed by atoms with van der Waals surface area (Å²) >= 11 is 3.87. The Morgan fingerprint density at radius 2 is 2.22 bits per heavy atom. The smallest absolute Gasteiger partial charge is 0.160 e. The molecular weight excluding hydrogens is 136 g/mol. The second-order valence-electron chi connectivity index (χ2n) is 1.81. The van der Waals surface area contributed by atoms with Crippen LogP contribution in [-0.2, 0) is 4.79 Å². The monoisotopic (exact) mass is 142 g/mol. The van der Waals surface area contributed by atoms with Crippen LogP contribution in [0.1, 0.15) is 6.42 Å². The van der Waals surface area contributed by atoms with E-state index in [0.29, 0.717) is 4.91 Å². The molecule has 1 aliphatic carbocycles. The van der Waals surface area contributed by atoms with Crippen LogP contribution in [-0.4, -0.2) is 10.9 Å². The van der Waals surface area contributed by atoms with Gasteiger partial charge in [-0.15, -0.1) is 12.6 Å². The Balaban J connectivity index is 2.87. The molecule has 0 aromatic heterocycles. The lowest BCUT2D eigenvalue weighted by molar-refractivity contribution is -0.114. The van der Waals surface area contributed by atoms with Gasteiger partial charge in [-0.25, -0.2) is 0 Å². The van der Waals surface area contributed by atoms with Crippen LogP contribution in [0.2, 0.25) is 0 Å². The maximum Gasteiger partial charge on any atom is 0.160 e. The van der Waals surface area contributed by atoms with Crippen molar-refractivity contribution in [2.24, 2.45) is 0 Å². The normalized spacial score (nSPS) is 19.0. The van der Waals surface area contributed by atoms with Gasteiger partial charge in [0.25, 0.3) is 0 Å². The van der Waals surface area contributed by atoms with Gasteiger partial charge in [-0.2, -0.15) is 0 Å². The van der Waals surface area contributed by atoms with Crippen molar-refractivity contribution >= 4 is 18.4 Å². The number of thiol groups is 1. The molecular formula is C6H6O2S. The highest BCUT2D eigenvalue weighted by Crippen LogP contribution is 2.16. The fourth-order valence-corrected chi connectivity index (χ4v) is 0.813. The Labute approximate surface area is 58.3 Å². The predicted octanol–water partition coefficient (Wildman–Crippen LogP) is 1.21. The number of rotatable bonds is 0. The minimum Gasteiger partial charge on any atom is -0.507 e. The Morgan fingerprint density at radius 1 is 1.56 bits per heavy atom. The summed E-state index contributed by atoms with van der Waals surface area (Å²) in [5.74, 6) is 0.0794. The molecule has 0 atom stereocenters. The molecule has 0 saturated carbocycles. The first-order valence-electron chi connectivity index (χ1n) is 2.52. The van der Waals surface area contributed by atoms with E-state index in [1.54, 1.807) is 0 Å². The van der Waals surface area contributed by atoms with Gasteiger partial charge in [0, 0.05) is 11.3 Å². The van der Waals surface area contributed by atoms with E-state index in [9.17, 15) is 4.79 Å². The number of hydrogen-bond acceptors (Lipinski definition) is 3. The Morgan fingerprint density at radius 3 is 2.67 bits per heavy atom. The summed E-state index contributed by atoms with van der Waals surface area (Å²) in [6, 6.07) is 0. The van der Waals surface area contributed by atoms with Crippen molar-refractivity contribution in [2.75, 3.05) is 0 Å². The quantitative estimate of drug-likeness (QED) is 0.499. The minimum absolute atomic E-state index is 0.0159. The van der Waals surface area contributed by atoms with Gasteiger partial charge in [-0.3, -0.25) is 4.79 Å². The van der Waals surface area contributed by atoms with Gasteiger partial charge >= 0.3 is 0 Å². The SMILES string of the molecule is O=C1C=CC(O)=C(S)C1. The molecule has 0 radical (unpaired) electrons. The second kappa shape index (κ2) is 2.27. The van der Waals surface area contributed by atoms with E-state index in [-0.39, 0.29) is 18.0 Å². The molecule has 1 aliphatic rings. The first-order valence-corrected chi connectivity index (χ1v) is 2.97. The van der Waals surface area contributed by atoms with E-state index in [2.05, 4.69) is 12.6 Å². The lowest BCUT2D eigenvalue weighted by Crippen LogP contribution is -1.99. The predicted molar refractivity (Wildman–Crippen MR) is 37.4 cm³/mol. The van der Waals surface area contributed by atoms with E-state index in [0.717, 1.165) is 0 Å². The zero-order valence-corrected chi connectivity index (χ0v) is 5.56. The molecule has 1 rings (SSSR count). The Bertz CT molecular complexity index is 203. The maximum atomic E-state index is 10.5. The van der Waals surface area contributed by atoms with Crippen LogP contribution in [0.15, 0.2) is 22.8 Å². The molecule has 0 amide bonds. The molecule has 3 heteroatoms. The molecule has 9 heavy (non-hydrogen) atoms. The summed E-state index contributed by atoms with van der Waals surface area (Å²) in [7, 11) is 0. The zero-order valence-electron chi connectivity index (χ0n) is 4.66. The van der Waals surface area contributed by atoms with Crippen LogP contribution in [0, 0.1) is 0 Å².